The van der Waals surface area contributed by atoms with Gasteiger partial charge in [-0.05, 0) is 66.6 Å². The Morgan fingerprint density at radius 3 is 2.20 bits per heavy atom. The van der Waals surface area contributed by atoms with E-state index in [0.717, 1.165) is 4.90 Å². The molecule has 0 fully saturated rings. The number of nitrogens with zero attached hydrogens (tertiary/aromatic N) is 1. The van der Waals surface area contributed by atoms with Gasteiger partial charge in [-0.1, -0.05) is 41.4 Å². The number of amides is 2. The maximum absolute atomic E-state index is 13.4. The summed E-state index contributed by atoms with van der Waals surface area (Å²) in [5, 5.41) is 3.93. The molecule has 0 aromatic heterocycles. The van der Waals surface area contributed by atoms with Crippen LogP contribution in [0.15, 0.2) is 72.4 Å². The fourth-order valence-corrected chi connectivity index (χ4v) is 3.56. The van der Waals surface area contributed by atoms with Crippen LogP contribution in [0.2, 0.25) is 10.0 Å². The van der Waals surface area contributed by atoms with Crippen molar-refractivity contribution in [3.63, 3.8) is 0 Å². The fraction of sp³-hybridized carbons (Fsp3) is 0.0435. The minimum absolute atomic E-state index is 0.0910. The summed E-state index contributed by atoms with van der Waals surface area (Å²) in [5.41, 5.74) is 2.31. The number of halogens is 3. The number of hydrogen-bond acceptors (Lipinski definition) is 3. The average Bonchev–Trinajstić information content (AvgIpc) is 2.96. The third-order valence-electron chi connectivity index (χ3n) is 4.81. The molecular formula is C23H15Cl2FN2O2. The molecule has 7 heteroatoms. The van der Waals surface area contributed by atoms with Crippen molar-refractivity contribution in [2.45, 2.75) is 6.92 Å². The van der Waals surface area contributed by atoms with Crippen molar-refractivity contribution in [3.05, 3.63) is 99.4 Å². The van der Waals surface area contributed by atoms with E-state index >= 15 is 0 Å². The van der Waals surface area contributed by atoms with Crippen molar-refractivity contribution in [2.24, 2.45) is 0 Å². The van der Waals surface area contributed by atoms with Gasteiger partial charge in [0, 0.05) is 15.7 Å². The second kappa shape index (κ2) is 7.94. The quantitative estimate of drug-likeness (QED) is 0.518. The van der Waals surface area contributed by atoms with Gasteiger partial charge in [0.1, 0.15) is 11.5 Å². The van der Waals surface area contributed by atoms with Crippen LogP contribution in [0, 0.1) is 12.7 Å². The molecule has 30 heavy (non-hydrogen) atoms. The van der Waals surface area contributed by atoms with Crippen LogP contribution in [-0.4, -0.2) is 11.8 Å². The summed E-state index contributed by atoms with van der Waals surface area (Å²) < 4.78 is 13.3. The van der Waals surface area contributed by atoms with Crippen molar-refractivity contribution in [1.82, 2.24) is 0 Å². The van der Waals surface area contributed by atoms with E-state index in [1.807, 2.05) is 0 Å². The van der Waals surface area contributed by atoms with E-state index in [2.05, 4.69) is 5.32 Å². The maximum Gasteiger partial charge on any atom is 0.282 e. The Bertz CT molecular complexity index is 1190. The van der Waals surface area contributed by atoms with Gasteiger partial charge >= 0.3 is 0 Å². The Hall–Kier alpha value is -3.15. The van der Waals surface area contributed by atoms with Gasteiger partial charge in [-0.2, -0.15) is 0 Å². The van der Waals surface area contributed by atoms with Crippen molar-refractivity contribution in [1.29, 1.82) is 0 Å². The lowest BCUT2D eigenvalue weighted by Crippen LogP contribution is -2.33. The largest absolute Gasteiger partial charge is 0.350 e. The first-order chi connectivity index (χ1) is 14.4. The minimum atomic E-state index is -0.528. The lowest BCUT2D eigenvalue weighted by molar-refractivity contribution is -0.120. The Morgan fingerprint density at radius 2 is 1.53 bits per heavy atom. The summed E-state index contributed by atoms with van der Waals surface area (Å²) in [6.07, 6.45) is 0. The highest BCUT2D eigenvalue weighted by Gasteiger charge is 2.41. The number of rotatable bonds is 4. The molecule has 4 nitrogen and oxygen atoms in total. The van der Waals surface area contributed by atoms with Crippen molar-refractivity contribution in [2.75, 3.05) is 10.2 Å². The highest BCUT2D eigenvalue weighted by Crippen LogP contribution is 2.36. The van der Waals surface area contributed by atoms with Crippen molar-refractivity contribution < 1.29 is 14.0 Å². The molecule has 150 valence electrons. The van der Waals surface area contributed by atoms with Crippen LogP contribution in [0.5, 0.6) is 0 Å². The van der Waals surface area contributed by atoms with Gasteiger partial charge in [-0.25, -0.2) is 9.29 Å². The summed E-state index contributed by atoms with van der Waals surface area (Å²) >= 11 is 12.2. The van der Waals surface area contributed by atoms with Gasteiger partial charge in [-0.3, -0.25) is 9.59 Å². The van der Waals surface area contributed by atoms with E-state index in [9.17, 15) is 14.0 Å². The number of benzene rings is 3. The summed E-state index contributed by atoms with van der Waals surface area (Å²) in [6, 6.07) is 17.2. The number of hydrogen-bond donors (Lipinski definition) is 1. The van der Waals surface area contributed by atoms with Crippen LogP contribution in [0.4, 0.5) is 15.8 Å². The standard InChI is InChI=1S/C23H15Cl2FN2O2/c1-13-18(25)3-2-4-19(13)28-22(29)20(14-5-7-15(24)8-6-14)21(23(28)30)27-17-11-9-16(26)10-12-17/h2-12,27H,1H3. The van der Waals surface area contributed by atoms with Crippen LogP contribution in [-0.2, 0) is 9.59 Å². The number of carbonyl (C=O) groups is 2. The van der Waals surface area contributed by atoms with E-state index < -0.39 is 17.6 Å². The Balaban J connectivity index is 1.84. The normalized spacial score (nSPS) is 13.9. The molecule has 0 aliphatic carbocycles. The second-order valence-corrected chi connectivity index (χ2v) is 7.56. The Morgan fingerprint density at radius 1 is 0.867 bits per heavy atom. The first-order valence-corrected chi connectivity index (χ1v) is 9.79. The smallest absolute Gasteiger partial charge is 0.282 e. The third kappa shape index (κ3) is 3.58. The number of carbonyl (C=O) groups excluding carboxylic acids is 2. The first kappa shape index (κ1) is 20.1. The first-order valence-electron chi connectivity index (χ1n) is 9.03. The number of anilines is 2. The molecule has 0 unspecified atom stereocenters. The average molecular weight is 441 g/mol. The molecule has 0 atom stereocenters. The van der Waals surface area contributed by atoms with Gasteiger partial charge in [0.05, 0.1) is 11.3 Å². The van der Waals surface area contributed by atoms with Crippen LogP contribution in [0.25, 0.3) is 5.57 Å². The van der Waals surface area contributed by atoms with E-state index in [0.29, 0.717) is 32.5 Å². The summed E-state index contributed by atoms with van der Waals surface area (Å²) in [4.78, 5) is 27.8. The number of nitrogens with one attached hydrogen (secondary N) is 1. The molecule has 1 N–H and O–H groups in total. The molecule has 1 aliphatic rings. The zero-order valence-corrected chi connectivity index (χ0v) is 17.3. The lowest BCUT2D eigenvalue weighted by atomic mass is 10.0. The number of imide groups is 1. The van der Waals surface area contributed by atoms with Gasteiger partial charge < -0.3 is 5.32 Å². The molecule has 0 saturated heterocycles. The molecule has 0 bridgehead atoms. The molecule has 3 aromatic carbocycles. The molecule has 0 spiro atoms. The Kier molecular flexibility index (Phi) is 5.33. The molecule has 3 aromatic rings. The topological polar surface area (TPSA) is 49.4 Å². The van der Waals surface area contributed by atoms with E-state index in [4.69, 9.17) is 23.2 Å². The second-order valence-electron chi connectivity index (χ2n) is 6.72. The van der Waals surface area contributed by atoms with Gasteiger partial charge in [0.15, 0.2) is 0 Å². The van der Waals surface area contributed by atoms with E-state index in [1.165, 1.54) is 24.3 Å². The summed E-state index contributed by atoms with van der Waals surface area (Å²) in [5.74, 6) is -1.42. The monoisotopic (exact) mass is 440 g/mol. The third-order valence-corrected chi connectivity index (χ3v) is 5.47. The summed E-state index contributed by atoms with van der Waals surface area (Å²) in [6.45, 7) is 1.74. The molecular weight excluding hydrogens is 426 g/mol. The van der Waals surface area contributed by atoms with E-state index in [1.54, 1.807) is 49.4 Å². The molecule has 2 amide bonds. The zero-order chi connectivity index (χ0) is 21.4. The SMILES string of the molecule is Cc1c(Cl)cccc1N1C(=O)C(Nc2ccc(F)cc2)=C(c2ccc(Cl)cc2)C1=O. The lowest BCUT2D eigenvalue weighted by Gasteiger charge is -2.18. The molecule has 1 heterocycles. The molecule has 4 rings (SSSR count). The van der Waals surface area contributed by atoms with E-state index in [-0.39, 0.29) is 11.3 Å². The Labute approximate surface area is 182 Å². The fourth-order valence-electron chi connectivity index (χ4n) is 3.26. The minimum Gasteiger partial charge on any atom is -0.350 e. The van der Waals surface area contributed by atoms with Gasteiger partial charge in [0.2, 0.25) is 0 Å². The summed E-state index contributed by atoms with van der Waals surface area (Å²) in [7, 11) is 0. The van der Waals surface area contributed by atoms with Crippen molar-refractivity contribution >= 4 is 52.0 Å². The van der Waals surface area contributed by atoms with Crippen LogP contribution in [0.1, 0.15) is 11.1 Å². The van der Waals surface area contributed by atoms with Crippen LogP contribution >= 0.6 is 23.2 Å². The molecule has 0 radical (unpaired) electrons. The molecule has 1 aliphatic heterocycles. The van der Waals surface area contributed by atoms with Gasteiger partial charge in [0.25, 0.3) is 11.8 Å². The molecule has 0 saturated carbocycles. The highest BCUT2D eigenvalue weighted by molar-refractivity contribution is 6.46. The maximum atomic E-state index is 13.4. The van der Waals surface area contributed by atoms with Crippen LogP contribution < -0.4 is 10.2 Å². The van der Waals surface area contributed by atoms with Gasteiger partial charge in [-0.15, -0.1) is 0 Å². The predicted octanol–water partition coefficient (Wildman–Crippen LogP) is 5.84. The highest BCUT2D eigenvalue weighted by atomic mass is 35.5. The van der Waals surface area contributed by atoms with Crippen molar-refractivity contribution in [3.8, 4) is 0 Å². The predicted molar refractivity (Wildman–Crippen MR) is 117 cm³/mol. The zero-order valence-electron chi connectivity index (χ0n) is 15.7. The van der Waals surface area contributed by atoms with Crippen LogP contribution in [0.3, 0.4) is 0 Å².